The highest BCUT2D eigenvalue weighted by Crippen LogP contribution is 2.28. The molecule has 0 fully saturated rings. The summed E-state index contributed by atoms with van der Waals surface area (Å²) in [6, 6.07) is 4.73. The quantitative estimate of drug-likeness (QED) is 0.903. The van der Waals surface area contributed by atoms with E-state index in [1.54, 1.807) is 12.1 Å². The molecule has 1 rings (SSSR count). The maximum atomic E-state index is 11.4. The van der Waals surface area contributed by atoms with Crippen LogP contribution in [0.1, 0.15) is 0 Å². The van der Waals surface area contributed by atoms with Gasteiger partial charge < -0.3 is 0 Å². The van der Waals surface area contributed by atoms with E-state index in [-0.39, 0.29) is 9.92 Å². The van der Waals surface area contributed by atoms with E-state index < -0.39 is 10.0 Å². The molecule has 0 aliphatic heterocycles. The first-order valence-electron chi connectivity index (χ1n) is 3.36. The van der Waals surface area contributed by atoms with Gasteiger partial charge in [0.05, 0.1) is 5.02 Å². The lowest BCUT2D eigenvalue weighted by Crippen LogP contribution is -2.18. The lowest BCUT2D eigenvalue weighted by Gasteiger charge is -2.05. The van der Waals surface area contributed by atoms with Gasteiger partial charge in [0, 0.05) is 4.47 Å². The molecule has 1 aromatic rings. The largest absolute Gasteiger partial charge is 0.241 e. The average Bonchev–Trinajstić information content (AvgIpc) is 2.09. The Morgan fingerprint density at radius 3 is 2.62 bits per heavy atom. The Hall–Kier alpha value is -0.100. The van der Waals surface area contributed by atoms with Gasteiger partial charge in [-0.2, -0.15) is 0 Å². The van der Waals surface area contributed by atoms with Crippen molar-refractivity contribution < 1.29 is 8.42 Å². The van der Waals surface area contributed by atoms with E-state index in [2.05, 4.69) is 20.7 Å². The van der Waals surface area contributed by atoms with Gasteiger partial charge in [-0.05, 0) is 35.1 Å². The molecule has 3 nitrogen and oxygen atoms in total. The Bertz CT molecular complexity index is 419. The molecule has 0 aliphatic carbocycles. The number of sulfonamides is 1. The molecule has 13 heavy (non-hydrogen) atoms. The van der Waals surface area contributed by atoms with Gasteiger partial charge in [0.15, 0.2) is 0 Å². The van der Waals surface area contributed by atoms with Crippen LogP contribution in [0.4, 0.5) is 0 Å². The van der Waals surface area contributed by atoms with E-state index in [0.717, 1.165) is 0 Å². The summed E-state index contributed by atoms with van der Waals surface area (Å²) in [7, 11) is -2.12. The fourth-order valence-electron chi connectivity index (χ4n) is 0.802. The van der Waals surface area contributed by atoms with Crippen LogP contribution < -0.4 is 4.72 Å². The maximum absolute atomic E-state index is 11.4. The molecule has 0 atom stereocenters. The zero-order valence-electron chi connectivity index (χ0n) is 6.71. The molecule has 0 aliphatic rings. The van der Waals surface area contributed by atoms with Crippen molar-refractivity contribution in [2.45, 2.75) is 4.90 Å². The first-order valence-corrected chi connectivity index (χ1v) is 6.02. The van der Waals surface area contributed by atoms with Crippen molar-refractivity contribution in [1.82, 2.24) is 4.72 Å². The Labute approximate surface area is 90.3 Å². The summed E-state index contributed by atoms with van der Waals surface area (Å²) in [6.45, 7) is 0. The first kappa shape index (κ1) is 11.0. The van der Waals surface area contributed by atoms with E-state index in [0.29, 0.717) is 4.47 Å². The topological polar surface area (TPSA) is 46.2 Å². The van der Waals surface area contributed by atoms with Crippen molar-refractivity contribution in [2.75, 3.05) is 7.05 Å². The van der Waals surface area contributed by atoms with Gasteiger partial charge in [-0.25, -0.2) is 13.1 Å². The smallest absolute Gasteiger partial charge is 0.214 e. The van der Waals surface area contributed by atoms with Crippen LogP contribution in [0.15, 0.2) is 27.6 Å². The second-order valence-electron chi connectivity index (χ2n) is 2.26. The van der Waals surface area contributed by atoms with Crippen LogP contribution >= 0.6 is 27.5 Å². The van der Waals surface area contributed by atoms with Gasteiger partial charge >= 0.3 is 0 Å². The number of nitrogens with one attached hydrogen (secondary N) is 1. The molecule has 0 unspecified atom stereocenters. The zero-order chi connectivity index (χ0) is 10.1. The van der Waals surface area contributed by atoms with Gasteiger partial charge in [-0.3, -0.25) is 0 Å². The third-order valence-corrected chi connectivity index (χ3v) is 4.34. The monoisotopic (exact) mass is 283 g/mol. The Morgan fingerprint density at radius 1 is 1.46 bits per heavy atom. The van der Waals surface area contributed by atoms with Crippen LogP contribution in [0.3, 0.4) is 0 Å². The predicted octanol–water partition coefficient (Wildman–Crippen LogP) is 2.01. The highest BCUT2D eigenvalue weighted by Gasteiger charge is 2.16. The number of rotatable bonds is 2. The minimum Gasteiger partial charge on any atom is -0.214 e. The fraction of sp³-hybridized carbons (Fsp3) is 0.143. The predicted molar refractivity (Wildman–Crippen MR) is 55.4 cm³/mol. The summed E-state index contributed by atoms with van der Waals surface area (Å²) < 4.78 is 25.5. The molecule has 0 bridgehead atoms. The lowest BCUT2D eigenvalue weighted by atomic mass is 10.4. The molecule has 0 saturated carbocycles. The normalized spacial score (nSPS) is 11.6. The van der Waals surface area contributed by atoms with E-state index in [1.165, 1.54) is 13.1 Å². The van der Waals surface area contributed by atoms with Crippen molar-refractivity contribution in [3.63, 3.8) is 0 Å². The molecule has 0 spiro atoms. The molecule has 6 heteroatoms. The van der Waals surface area contributed by atoms with E-state index in [1.807, 2.05) is 0 Å². The molecule has 0 radical (unpaired) electrons. The second kappa shape index (κ2) is 3.96. The first-order chi connectivity index (χ1) is 5.99. The SMILES string of the molecule is CNS(=O)(=O)c1cccc(Br)c1Cl. The van der Waals surface area contributed by atoms with Gasteiger partial charge in [0.2, 0.25) is 10.0 Å². The van der Waals surface area contributed by atoms with Crippen molar-refractivity contribution in [1.29, 1.82) is 0 Å². The van der Waals surface area contributed by atoms with Crippen molar-refractivity contribution in [3.8, 4) is 0 Å². The van der Waals surface area contributed by atoms with Gasteiger partial charge in [0.25, 0.3) is 0 Å². The molecule has 1 N–H and O–H groups in total. The van der Waals surface area contributed by atoms with Crippen LogP contribution in [0, 0.1) is 0 Å². The zero-order valence-corrected chi connectivity index (χ0v) is 9.87. The number of halogens is 2. The van der Waals surface area contributed by atoms with Crippen molar-refractivity contribution in [3.05, 3.63) is 27.7 Å². The lowest BCUT2D eigenvalue weighted by molar-refractivity contribution is 0.588. The van der Waals surface area contributed by atoms with Gasteiger partial charge in [-0.1, -0.05) is 17.7 Å². The standard InChI is InChI=1S/C7H7BrClNO2S/c1-10-13(11,12)6-4-2-3-5(8)7(6)9/h2-4,10H,1H3. The molecule has 0 heterocycles. The summed E-state index contributed by atoms with van der Waals surface area (Å²) in [6.07, 6.45) is 0. The molecule has 0 amide bonds. The molecule has 1 aromatic carbocycles. The van der Waals surface area contributed by atoms with Crippen LogP contribution in [0.5, 0.6) is 0 Å². The van der Waals surface area contributed by atoms with Crippen molar-refractivity contribution in [2.24, 2.45) is 0 Å². The number of hydrogen-bond donors (Lipinski definition) is 1. The van der Waals surface area contributed by atoms with E-state index >= 15 is 0 Å². The van der Waals surface area contributed by atoms with Crippen LogP contribution in [0.2, 0.25) is 5.02 Å². The average molecular weight is 285 g/mol. The van der Waals surface area contributed by atoms with E-state index in [9.17, 15) is 8.42 Å². The summed E-state index contributed by atoms with van der Waals surface area (Å²) in [4.78, 5) is 0.0750. The van der Waals surface area contributed by atoms with Crippen LogP contribution in [0.25, 0.3) is 0 Å². The summed E-state index contributed by atoms with van der Waals surface area (Å²) >= 11 is 8.93. The maximum Gasteiger partial charge on any atom is 0.241 e. The van der Waals surface area contributed by atoms with Crippen molar-refractivity contribution >= 4 is 37.6 Å². The third kappa shape index (κ3) is 2.22. The Kier molecular flexibility index (Phi) is 3.34. The third-order valence-electron chi connectivity index (χ3n) is 1.47. The second-order valence-corrected chi connectivity index (χ2v) is 5.35. The molecular weight excluding hydrogens is 278 g/mol. The van der Waals surface area contributed by atoms with Crippen LogP contribution in [-0.2, 0) is 10.0 Å². The van der Waals surface area contributed by atoms with Gasteiger partial charge in [-0.15, -0.1) is 0 Å². The minimum atomic E-state index is -3.46. The molecule has 0 saturated heterocycles. The highest BCUT2D eigenvalue weighted by atomic mass is 79.9. The minimum absolute atomic E-state index is 0.0750. The number of benzene rings is 1. The van der Waals surface area contributed by atoms with Gasteiger partial charge in [0.1, 0.15) is 4.90 Å². The summed E-state index contributed by atoms with van der Waals surface area (Å²) in [5.41, 5.74) is 0. The molecule has 72 valence electrons. The molecular formula is C7H7BrClNO2S. The van der Waals surface area contributed by atoms with Crippen LogP contribution in [-0.4, -0.2) is 15.5 Å². The summed E-state index contributed by atoms with van der Waals surface area (Å²) in [5.74, 6) is 0. The Balaban J connectivity index is 3.40. The fourth-order valence-corrected chi connectivity index (χ4v) is 2.55. The highest BCUT2D eigenvalue weighted by molar-refractivity contribution is 9.10. The van der Waals surface area contributed by atoms with E-state index in [4.69, 9.17) is 11.6 Å². The number of hydrogen-bond acceptors (Lipinski definition) is 2. The Morgan fingerprint density at radius 2 is 2.08 bits per heavy atom. The summed E-state index contributed by atoms with van der Waals surface area (Å²) in [5, 5.41) is 0.192. The molecule has 0 aromatic heterocycles.